The largest absolute Gasteiger partial charge is 0.397 e. The van der Waals surface area contributed by atoms with Crippen LogP contribution in [-0.2, 0) is 4.74 Å². The lowest BCUT2D eigenvalue weighted by molar-refractivity contribution is -0.0584. The molecule has 1 fully saturated rings. The van der Waals surface area contributed by atoms with E-state index in [1.165, 1.54) is 17.4 Å². The van der Waals surface area contributed by atoms with E-state index in [-0.39, 0.29) is 29.6 Å². The smallest absolute Gasteiger partial charge is 0.266 e. The standard InChI is InChI=1S/C15H17FN2O2S/c1-8-6-18(7-9(2)20-8)15(19)14-13(17)12-10(16)4-3-5-11(12)21-14/h3-5,8-9H,6-7,17H2,1-2H3/t8-,9+. The molecule has 0 radical (unpaired) electrons. The molecule has 0 saturated carbocycles. The number of nitrogen functional groups attached to an aromatic ring is 1. The van der Waals surface area contributed by atoms with Crippen molar-refractivity contribution in [3.05, 3.63) is 28.9 Å². The third-order valence-electron chi connectivity index (χ3n) is 3.60. The van der Waals surface area contributed by atoms with Crippen molar-refractivity contribution in [3.8, 4) is 0 Å². The van der Waals surface area contributed by atoms with Crippen LogP contribution in [0.5, 0.6) is 0 Å². The quantitative estimate of drug-likeness (QED) is 0.881. The van der Waals surface area contributed by atoms with Gasteiger partial charge >= 0.3 is 0 Å². The highest BCUT2D eigenvalue weighted by Gasteiger charge is 2.29. The minimum Gasteiger partial charge on any atom is -0.397 e. The number of anilines is 1. The van der Waals surface area contributed by atoms with Gasteiger partial charge in [0.05, 0.1) is 23.3 Å². The van der Waals surface area contributed by atoms with Crippen LogP contribution in [0.1, 0.15) is 23.5 Å². The number of amides is 1. The van der Waals surface area contributed by atoms with Gasteiger partial charge in [-0.3, -0.25) is 4.79 Å². The summed E-state index contributed by atoms with van der Waals surface area (Å²) in [6.07, 6.45) is -0.0184. The van der Waals surface area contributed by atoms with Crippen LogP contribution in [0.15, 0.2) is 18.2 Å². The molecular weight excluding hydrogens is 291 g/mol. The molecule has 1 saturated heterocycles. The highest BCUT2D eigenvalue weighted by Crippen LogP contribution is 2.36. The van der Waals surface area contributed by atoms with Gasteiger partial charge < -0.3 is 15.4 Å². The van der Waals surface area contributed by atoms with Crippen LogP contribution < -0.4 is 5.73 Å². The van der Waals surface area contributed by atoms with E-state index >= 15 is 0 Å². The highest BCUT2D eigenvalue weighted by atomic mass is 32.1. The Morgan fingerprint density at radius 3 is 2.67 bits per heavy atom. The molecule has 1 aromatic carbocycles. The maximum Gasteiger partial charge on any atom is 0.266 e. The van der Waals surface area contributed by atoms with Gasteiger partial charge in [-0.15, -0.1) is 11.3 Å². The van der Waals surface area contributed by atoms with Crippen LogP contribution in [-0.4, -0.2) is 36.1 Å². The molecule has 4 nitrogen and oxygen atoms in total. The predicted molar refractivity (Wildman–Crippen MR) is 82.1 cm³/mol. The van der Waals surface area contributed by atoms with Gasteiger partial charge in [0.25, 0.3) is 5.91 Å². The van der Waals surface area contributed by atoms with Gasteiger partial charge in [-0.2, -0.15) is 0 Å². The minimum atomic E-state index is -0.385. The lowest BCUT2D eigenvalue weighted by Crippen LogP contribution is -2.48. The molecule has 1 aliphatic heterocycles. The van der Waals surface area contributed by atoms with Gasteiger partial charge in [0, 0.05) is 17.8 Å². The first-order valence-corrected chi connectivity index (χ1v) is 7.70. The van der Waals surface area contributed by atoms with E-state index < -0.39 is 0 Å². The van der Waals surface area contributed by atoms with Crippen molar-refractivity contribution in [2.45, 2.75) is 26.1 Å². The first kappa shape index (κ1) is 14.3. The lowest BCUT2D eigenvalue weighted by Gasteiger charge is -2.35. The van der Waals surface area contributed by atoms with Gasteiger partial charge in [-0.05, 0) is 26.0 Å². The highest BCUT2D eigenvalue weighted by molar-refractivity contribution is 7.21. The number of nitrogens with zero attached hydrogens (tertiary/aromatic N) is 1. The van der Waals surface area contributed by atoms with Crippen molar-refractivity contribution < 1.29 is 13.9 Å². The summed E-state index contributed by atoms with van der Waals surface area (Å²) in [7, 11) is 0. The number of halogens is 1. The lowest BCUT2D eigenvalue weighted by atomic mass is 10.2. The second kappa shape index (κ2) is 5.27. The second-order valence-electron chi connectivity index (χ2n) is 5.43. The average molecular weight is 308 g/mol. The van der Waals surface area contributed by atoms with Crippen molar-refractivity contribution in [3.63, 3.8) is 0 Å². The van der Waals surface area contributed by atoms with E-state index in [4.69, 9.17) is 10.5 Å². The monoisotopic (exact) mass is 308 g/mol. The molecule has 2 aromatic rings. The molecule has 0 bridgehead atoms. The van der Waals surface area contributed by atoms with Crippen molar-refractivity contribution in [2.75, 3.05) is 18.8 Å². The van der Waals surface area contributed by atoms with E-state index in [2.05, 4.69) is 0 Å². The molecular formula is C15H17FN2O2S. The Hall–Kier alpha value is -1.66. The van der Waals surface area contributed by atoms with E-state index in [9.17, 15) is 9.18 Å². The number of nitrogens with two attached hydrogens (primary N) is 1. The topological polar surface area (TPSA) is 55.6 Å². The molecule has 1 aromatic heterocycles. The van der Waals surface area contributed by atoms with Crippen molar-refractivity contribution >= 4 is 33.0 Å². The number of thiophene rings is 1. The van der Waals surface area contributed by atoms with E-state index in [1.807, 2.05) is 13.8 Å². The fraction of sp³-hybridized carbons (Fsp3) is 0.400. The van der Waals surface area contributed by atoms with Gasteiger partial charge in [-0.25, -0.2) is 4.39 Å². The number of rotatable bonds is 1. The maximum absolute atomic E-state index is 13.9. The SMILES string of the molecule is C[C@@H]1CN(C(=O)c2sc3cccc(F)c3c2N)C[C@H](C)O1. The molecule has 2 N–H and O–H groups in total. The van der Waals surface area contributed by atoms with Crippen LogP contribution in [0.2, 0.25) is 0 Å². The summed E-state index contributed by atoms with van der Waals surface area (Å²) < 4.78 is 20.2. The average Bonchev–Trinajstić information content (AvgIpc) is 2.75. The number of ether oxygens (including phenoxy) is 1. The van der Waals surface area contributed by atoms with Gasteiger partial charge in [0.15, 0.2) is 0 Å². The Labute approximate surface area is 126 Å². The van der Waals surface area contributed by atoms with Gasteiger partial charge in [0.1, 0.15) is 10.7 Å². The summed E-state index contributed by atoms with van der Waals surface area (Å²) in [5.41, 5.74) is 6.25. The summed E-state index contributed by atoms with van der Waals surface area (Å²) in [5.74, 6) is -0.529. The fourth-order valence-corrected chi connectivity index (χ4v) is 3.88. The number of morpholine rings is 1. The van der Waals surface area contributed by atoms with Crippen LogP contribution in [0.4, 0.5) is 10.1 Å². The van der Waals surface area contributed by atoms with E-state index in [0.717, 1.165) is 0 Å². The fourth-order valence-electron chi connectivity index (χ4n) is 2.78. The zero-order valence-corrected chi connectivity index (χ0v) is 12.7. The third kappa shape index (κ3) is 2.49. The Balaban J connectivity index is 1.98. The number of benzene rings is 1. The molecule has 0 spiro atoms. The molecule has 21 heavy (non-hydrogen) atoms. The molecule has 2 atom stereocenters. The Kier molecular flexibility index (Phi) is 3.59. The zero-order chi connectivity index (χ0) is 15.1. The molecule has 3 rings (SSSR count). The molecule has 0 aliphatic carbocycles. The number of hydrogen-bond donors (Lipinski definition) is 1. The Morgan fingerprint density at radius 1 is 1.38 bits per heavy atom. The molecule has 6 heteroatoms. The van der Waals surface area contributed by atoms with Crippen LogP contribution in [0.25, 0.3) is 10.1 Å². The first-order valence-electron chi connectivity index (χ1n) is 6.88. The van der Waals surface area contributed by atoms with Crippen LogP contribution in [0.3, 0.4) is 0 Å². The Bertz CT molecular complexity index is 690. The molecule has 1 amide bonds. The predicted octanol–water partition coefficient (Wildman–Crippen LogP) is 2.87. The molecule has 2 heterocycles. The second-order valence-corrected chi connectivity index (χ2v) is 6.48. The number of carbonyl (C=O) groups is 1. The van der Waals surface area contributed by atoms with Gasteiger partial charge in [0.2, 0.25) is 0 Å². The summed E-state index contributed by atoms with van der Waals surface area (Å²) in [6, 6.07) is 4.76. The van der Waals surface area contributed by atoms with E-state index in [1.54, 1.807) is 17.0 Å². The maximum atomic E-state index is 13.9. The van der Waals surface area contributed by atoms with Crippen LogP contribution in [0, 0.1) is 5.82 Å². The number of fused-ring (bicyclic) bond motifs is 1. The number of hydrogen-bond acceptors (Lipinski definition) is 4. The summed E-state index contributed by atoms with van der Waals surface area (Å²) in [6.45, 7) is 4.92. The Morgan fingerprint density at radius 2 is 2.05 bits per heavy atom. The van der Waals surface area contributed by atoms with Crippen molar-refractivity contribution in [2.24, 2.45) is 0 Å². The van der Waals surface area contributed by atoms with Crippen LogP contribution >= 0.6 is 11.3 Å². The van der Waals surface area contributed by atoms with E-state index in [0.29, 0.717) is 28.1 Å². The molecule has 0 unspecified atom stereocenters. The summed E-state index contributed by atoms with van der Waals surface area (Å²) in [4.78, 5) is 14.8. The van der Waals surface area contributed by atoms with Crippen molar-refractivity contribution in [1.29, 1.82) is 0 Å². The minimum absolute atomic E-state index is 0.00922. The van der Waals surface area contributed by atoms with Gasteiger partial charge in [-0.1, -0.05) is 6.07 Å². The summed E-state index contributed by atoms with van der Waals surface area (Å²) in [5, 5.41) is 0.347. The van der Waals surface area contributed by atoms with Crippen molar-refractivity contribution in [1.82, 2.24) is 4.90 Å². The normalized spacial score (nSPS) is 22.7. The third-order valence-corrected chi connectivity index (χ3v) is 4.76. The molecule has 112 valence electrons. The number of carbonyl (C=O) groups excluding carboxylic acids is 1. The first-order chi connectivity index (χ1) is 9.97. The molecule has 1 aliphatic rings. The summed E-state index contributed by atoms with van der Waals surface area (Å²) >= 11 is 1.25. The zero-order valence-electron chi connectivity index (χ0n) is 11.9.